The Hall–Kier alpha value is -0.870. The molecule has 1 aromatic heterocycles. The predicted molar refractivity (Wildman–Crippen MR) is 65.6 cm³/mol. The molecule has 92 valence electrons. The molecule has 0 fully saturated rings. The van der Waals surface area contributed by atoms with Gasteiger partial charge in [-0.05, 0) is 39.8 Å². The minimum atomic E-state index is -0.311. The zero-order valence-corrected chi connectivity index (χ0v) is 11.0. The van der Waals surface area contributed by atoms with Gasteiger partial charge < -0.3 is 10.4 Å². The van der Waals surface area contributed by atoms with E-state index < -0.39 is 0 Å². The molecule has 1 rings (SSSR count). The van der Waals surface area contributed by atoms with Crippen LogP contribution < -0.4 is 5.32 Å². The number of aliphatic hydroxyl groups excluding tert-OH is 1. The molecular formula is C12H23N3O. The van der Waals surface area contributed by atoms with Gasteiger partial charge >= 0.3 is 0 Å². The summed E-state index contributed by atoms with van der Waals surface area (Å²) < 4.78 is 1.99. The third-order valence-corrected chi connectivity index (χ3v) is 3.34. The fourth-order valence-electron chi connectivity index (χ4n) is 1.94. The van der Waals surface area contributed by atoms with Crippen LogP contribution in [0.3, 0.4) is 0 Å². The summed E-state index contributed by atoms with van der Waals surface area (Å²) >= 11 is 0. The van der Waals surface area contributed by atoms with E-state index in [9.17, 15) is 5.11 Å². The summed E-state index contributed by atoms with van der Waals surface area (Å²) in [7, 11) is 1.86. The molecule has 0 aliphatic rings. The molecule has 0 saturated carbocycles. The van der Waals surface area contributed by atoms with Crippen molar-refractivity contribution in [1.82, 2.24) is 15.1 Å². The monoisotopic (exact) mass is 225 g/mol. The molecule has 1 heterocycles. The van der Waals surface area contributed by atoms with Crippen LogP contribution >= 0.6 is 0 Å². The highest BCUT2D eigenvalue weighted by atomic mass is 16.3. The van der Waals surface area contributed by atoms with Crippen molar-refractivity contribution in [3.63, 3.8) is 0 Å². The molecule has 1 aromatic rings. The Kier molecular flexibility index (Phi) is 4.10. The Bertz CT molecular complexity index is 353. The van der Waals surface area contributed by atoms with Gasteiger partial charge in [0, 0.05) is 5.69 Å². The van der Waals surface area contributed by atoms with Gasteiger partial charge in [0.25, 0.3) is 0 Å². The standard InChI is InChI=1S/C12H23N3O/c1-6-11-9(2)14-15(10(11)3)7-12(4,8-16)13-5/h13,16H,6-8H2,1-5H3. The van der Waals surface area contributed by atoms with E-state index in [-0.39, 0.29) is 12.1 Å². The summed E-state index contributed by atoms with van der Waals surface area (Å²) in [4.78, 5) is 0. The van der Waals surface area contributed by atoms with E-state index in [0.717, 1.165) is 12.1 Å². The summed E-state index contributed by atoms with van der Waals surface area (Å²) in [6.45, 7) is 9.06. The van der Waals surface area contributed by atoms with Crippen molar-refractivity contribution < 1.29 is 5.11 Å². The normalized spacial score (nSPS) is 15.1. The Morgan fingerprint density at radius 3 is 2.44 bits per heavy atom. The number of aromatic nitrogens is 2. The van der Waals surface area contributed by atoms with Gasteiger partial charge in [-0.1, -0.05) is 6.92 Å². The van der Waals surface area contributed by atoms with E-state index in [1.54, 1.807) is 0 Å². The first-order chi connectivity index (χ1) is 7.47. The zero-order valence-electron chi connectivity index (χ0n) is 11.0. The van der Waals surface area contributed by atoms with Gasteiger partial charge in [0.2, 0.25) is 0 Å². The predicted octanol–water partition coefficient (Wildman–Crippen LogP) is 1.03. The van der Waals surface area contributed by atoms with E-state index >= 15 is 0 Å². The molecule has 1 unspecified atom stereocenters. The second-order valence-corrected chi connectivity index (χ2v) is 4.63. The highest BCUT2D eigenvalue weighted by Crippen LogP contribution is 2.16. The van der Waals surface area contributed by atoms with Gasteiger partial charge in [-0.25, -0.2) is 0 Å². The van der Waals surface area contributed by atoms with Crippen molar-refractivity contribution >= 4 is 0 Å². The molecular weight excluding hydrogens is 202 g/mol. The van der Waals surface area contributed by atoms with E-state index in [1.807, 2.05) is 25.6 Å². The smallest absolute Gasteiger partial charge is 0.0628 e. The average molecular weight is 225 g/mol. The quantitative estimate of drug-likeness (QED) is 0.787. The van der Waals surface area contributed by atoms with E-state index in [0.29, 0.717) is 6.54 Å². The lowest BCUT2D eigenvalue weighted by Crippen LogP contribution is -2.47. The number of aliphatic hydroxyl groups is 1. The summed E-state index contributed by atoms with van der Waals surface area (Å²) in [5.74, 6) is 0. The van der Waals surface area contributed by atoms with Crippen LogP contribution in [0.15, 0.2) is 0 Å². The van der Waals surface area contributed by atoms with Crippen molar-refractivity contribution in [1.29, 1.82) is 0 Å². The first-order valence-corrected chi connectivity index (χ1v) is 5.80. The van der Waals surface area contributed by atoms with Crippen LogP contribution in [-0.2, 0) is 13.0 Å². The second kappa shape index (κ2) is 4.97. The molecule has 16 heavy (non-hydrogen) atoms. The van der Waals surface area contributed by atoms with E-state index in [2.05, 4.69) is 24.3 Å². The number of hydrogen-bond acceptors (Lipinski definition) is 3. The number of nitrogens with one attached hydrogen (secondary N) is 1. The minimum Gasteiger partial charge on any atom is -0.394 e. The van der Waals surface area contributed by atoms with Gasteiger partial charge in [0.15, 0.2) is 0 Å². The number of likely N-dealkylation sites (N-methyl/N-ethyl adjacent to an activating group) is 1. The Morgan fingerprint density at radius 1 is 1.44 bits per heavy atom. The van der Waals surface area contributed by atoms with E-state index in [4.69, 9.17) is 0 Å². The number of rotatable bonds is 5. The van der Waals surface area contributed by atoms with Gasteiger partial charge in [-0.2, -0.15) is 5.10 Å². The van der Waals surface area contributed by atoms with Crippen molar-refractivity contribution in [2.75, 3.05) is 13.7 Å². The molecule has 0 bridgehead atoms. The summed E-state index contributed by atoms with van der Waals surface area (Å²) in [5, 5.41) is 17.0. The summed E-state index contributed by atoms with van der Waals surface area (Å²) in [6, 6.07) is 0. The largest absolute Gasteiger partial charge is 0.394 e. The maximum absolute atomic E-state index is 9.37. The molecule has 0 radical (unpaired) electrons. The molecule has 2 N–H and O–H groups in total. The molecule has 1 atom stereocenters. The molecule has 4 heteroatoms. The third kappa shape index (κ3) is 2.44. The second-order valence-electron chi connectivity index (χ2n) is 4.63. The summed E-state index contributed by atoms with van der Waals surface area (Å²) in [6.07, 6.45) is 1.01. The number of nitrogens with zero attached hydrogens (tertiary/aromatic N) is 2. The number of aryl methyl sites for hydroxylation is 1. The van der Waals surface area contributed by atoms with Gasteiger partial charge in [-0.15, -0.1) is 0 Å². The molecule has 0 saturated heterocycles. The maximum Gasteiger partial charge on any atom is 0.0628 e. The molecule has 4 nitrogen and oxygen atoms in total. The van der Waals surface area contributed by atoms with Gasteiger partial charge in [-0.3, -0.25) is 4.68 Å². The van der Waals surface area contributed by atoms with Crippen LogP contribution in [-0.4, -0.2) is 34.1 Å². The highest BCUT2D eigenvalue weighted by Gasteiger charge is 2.23. The first-order valence-electron chi connectivity index (χ1n) is 5.80. The zero-order chi connectivity index (χ0) is 12.3. The highest BCUT2D eigenvalue weighted by molar-refractivity contribution is 5.24. The van der Waals surface area contributed by atoms with E-state index in [1.165, 1.54) is 11.3 Å². The molecule has 0 amide bonds. The first kappa shape index (κ1) is 13.2. The number of hydrogen-bond donors (Lipinski definition) is 2. The van der Waals surface area contributed by atoms with Gasteiger partial charge in [0.1, 0.15) is 0 Å². The van der Waals surface area contributed by atoms with Crippen LogP contribution in [0.25, 0.3) is 0 Å². The fourth-order valence-corrected chi connectivity index (χ4v) is 1.94. The SMILES string of the molecule is CCc1c(C)nn(CC(C)(CO)NC)c1C. The van der Waals surface area contributed by atoms with Crippen LogP contribution in [0.5, 0.6) is 0 Å². The van der Waals surface area contributed by atoms with Gasteiger partial charge in [0.05, 0.1) is 24.4 Å². The lowest BCUT2D eigenvalue weighted by molar-refractivity contribution is 0.160. The lowest BCUT2D eigenvalue weighted by atomic mass is 10.0. The fraction of sp³-hybridized carbons (Fsp3) is 0.750. The summed E-state index contributed by atoms with van der Waals surface area (Å²) in [5.41, 5.74) is 3.30. The molecule has 0 aliphatic carbocycles. The average Bonchev–Trinajstić information content (AvgIpc) is 2.53. The third-order valence-electron chi connectivity index (χ3n) is 3.34. The van der Waals surface area contributed by atoms with Crippen LogP contribution in [0.1, 0.15) is 30.8 Å². The van der Waals surface area contributed by atoms with Crippen molar-refractivity contribution in [3.8, 4) is 0 Å². The van der Waals surface area contributed by atoms with Crippen LogP contribution in [0, 0.1) is 13.8 Å². The van der Waals surface area contributed by atoms with Crippen LogP contribution in [0.2, 0.25) is 0 Å². The molecule has 0 aromatic carbocycles. The maximum atomic E-state index is 9.37. The van der Waals surface area contributed by atoms with Crippen molar-refractivity contribution in [3.05, 3.63) is 17.0 Å². The van der Waals surface area contributed by atoms with Crippen molar-refractivity contribution in [2.45, 2.75) is 46.2 Å². The molecule has 0 aliphatic heterocycles. The lowest BCUT2D eigenvalue weighted by Gasteiger charge is -2.27. The Labute approximate surface area is 97.7 Å². The van der Waals surface area contributed by atoms with Crippen LogP contribution in [0.4, 0.5) is 0 Å². The Balaban J connectivity index is 2.98. The topological polar surface area (TPSA) is 50.1 Å². The molecule has 0 spiro atoms. The Morgan fingerprint density at radius 2 is 2.06 bits per heavy atom. The van der Waals surface area contributed by atoms with Crippen molar-refractivity contribution in [2.24, 2.45) is 0 Å². The minimum absolute atomic E-state index is 0.101.